The monoisotopic (exact) mass is 346 g/mol. The van der Waals surface area contributed by atoms with E-state index in [2.05, 4.69) is 30.5 Å². The molecular formula is C17H19BN8. The van der Waals surface area contributed by atoms with Crippen LogP contribution in [0, 0.1) is 0 Å². The number of nitrogens with one attached hydrogen (secondary N) is 1. The minimum absolute atomic E-state index is 0.724. The lowest BCUT2D eigenvalue weighted by Crippen LogP contribution is -2.15. The maximum atomic E-state index is 4.46. The van der Waals surface area contributed by atoms with Crippen molar-refractivity contribution < 1.29 is 0 Å². The molecule has 0 aliphatic heterocycles. The third-order valence-electron chi connectivity index (χ3n) is 4.03. The summed E-state index contributed by atoms with van der Waals surface area (Å²) in [5.41, 5.74) is 4.67. The van der Waals surface area contributed by atoms with Crippen LogP contribution in [0.15, 0.2) is 49.1 Å². The van der Waals surface area contributed by atoms with Crippen molar-refractivity contribution in [3.63, 3.8) is 0 Å². The van der Waals surface area contributed by atoms with Crippen LogP contribution in [0.5, 0.6) is 0 Å². The van der Waals surface area contributed by atoms with E-state index >= 15 is 0 Å². The average molecular weight is 346 g/mol. The lowest BCUT2D eigenvalue weighted by molar-refractivity contribution is 0.396. The lowest BCUT2D eigenvalue weighted by Gasteiger charge is -2.09. The molecule has 8 nitrogen and oxygen atoms in total. The standard InChI is InChI=1S/C17H19BN8/c1-24(2)10-13-11-26(23-22-13)14-5-3-12(4-6-14)21-16-17-19-7-8-25(17)15(18)9-20-16/h3-9,11H,10,18H2,1-2H3,(H,20,21). The number of anilines is 2. The zero-order chi connectivity index (χ0) is 18.1. The molecule has 0 spiro atoms. The van der Waals surface area contributed by atoms with Crippen LogP contribution in [0.3, 0.4) is 0 Å². The molecule has 4 rings (SSSR count). The number of rotatable bonds is 5. The summed E-state index contributed by atoms with van der Waals surface area (Å²) in [4.78, 5) is 10.9. The summed E-state index contributed by atoms with van der Waals surface area (Å²) >= 11 is 0. The average Bonchev–Trinajstić information content (AvgIpc) is 3.28. The van der Waals surface area contributed by atoms with Crippen LogP contribution in [0.1, 0.15) is 5.69 Å². The van der Waals surface area contributed by atoms with Crippen LogP contribution in [0.2, 0.25) is 0 Å². The fraction of sp³-hybridized carbons (Fsp3) is 0.176. The van der Waals surface area contributed by atoms with Gasteiger partial charge in [-0.15, -0.1) is 5.10 Å². The first kappa shape index (κ1) is 16.3. The van der Waals surface area contributed by atoms with Crippen molar-refractivity contribution in [3.05, 3.63) is 54.7 Å². The number of hydrogen-bond acceptors (Lipinski definition) is 6. The van der Waals surface area contributed by atoms with Crippen molar-refractivity contribution in [1.29, 1.82) is 0 Å². The number of fused-ring (bicyclic) bond motifs is 1. The van der Waals surface area contributed by atoms with E-state index in [4.69, 9.17) is 0 Å². The van der Waals surface area contributed by atoms with Crippen molar-refractivity contribution in [2.75, 3.05) is 19.4 Å². The Balaban J connectivity index is 1.55. The van der Waals surface area contributed by atoms with Crippen LogP contribution in [0.4, 0.5) is 11.5 Å². The summed E-state index contributed by atoms with van der Waals surface area (Å²) in [6.07, 6.45) is 7.47. The Morgan fingerprint density at radius 1 is 1.15 bits per heavy atom. The quantitative estimate of drug-likeness (QED) is 0.527. The molecule has 0 saturated heterocycles. The Hall–Kier alpha value is -3.20. The van der Waals surface area contributed by atoms with E-state index in [1.807, 2.05) is 69.2 Å². The molecule has 0 atom stereocenters. The van der Waals surface area contributed by atoms with E-state index in [0.29, 0.717) is 0 Å². The Kier molecular flexibility index (Phi) is 4.14. The molecule has 0 aliphatic rings. The molecule has 9 heteroatoms. The van der Waals surface area contributed by atoms with Gasteiger partial charge in [-0.1, -0.05) is 5.21 Å². The van der Waals surface area contributed by atoms with E-state index in [1.54, 1.807) is 10.9 Å². The van der Waals surface area contributed by atoms with Crippen LogP contribution in [0.25, 0.3) is 11.3 Å². The van der Waals surface area contributed by atoms with Crippen LogP contribution >= 0.6 is 0 Å². The van der Waals surface area contributed by atoms with E-state index < -0.39 is 0 Å². The van der Waals surface area contributed by atoms with Gasteiger partial charge in [0.15, 0.2) is 19.3 Å². The Morgan fingerprint density at radius 2 is 1.96 bits per heavy atom. The summed E-state index contributed by atoms with van der Waals surface area (Å²) in [5, 5.41) is 11.7. The van der Waals surface area contributed by atoms with Gasteiger partial charge in [0.2, 0.25) is 0 Å². The minimum atomic E-state index is 0.724. The second kappa shape index (κ2) is 6.60. The molecule has 0 aliphatic carbocycles. The number of hydrogen-bond donors (Lipinski definition) is 1. The Bertz CT molecular complexity index is 1030. The molecule has 0 radical (unpaired) electrons. The number of imidazole rings is 1. The highest BCUT2D eigenvalue weighted by molar-refractivity contribution is 6.31. The van der Waals surface area contributed by atoms with E-state index in [9.17, 15) is 0 Å². The van der Waals surface area contributed by atoms with Gasteiger partial charge in [-0.2, -0.15) is 0 Å². The predicted octanol–water partition coefficient (Wildman–Crippen LogP) is 0.374. The molecule has 0 saturated carbocycles. The zero-order valence-electron chi connectivity index (χ0n) is 15.0. The van der Waals surface area contributed by atoms with Gasteiger partial charge in [-0.3, -0.25) is 0 Å². The molecular weight excluding hydrogens is 327 g/mol. The molecule has 0 fully saturated rings. The van der Waals surface area contributed by atoms with Gasteiger partial charge in [-0.05, 0) is 44.0 Å². The summed E-state index contributed by atoms with van der Waals surface area (Å²) in [5.74, 6) is 0.724. The normalized spacial score (nSPS) is 11.3. The molecule has 0 unspecified atom stereocenters. The molecule has 3 heterocycles. The van der Waals surface area contributed by atoms with E-state index in [1.165, 1.54) is 0 Å². The van der Waals surface area contributed by atoms with Crippen LogP contribution in [-0.2, 0) is 6.54 Å². The second-order valence-corrected chi connectivity index (χ2v) is 6.43. The molecule has 130 valence electrons. The van der Waals surface area contributed by atoms with Gasteiger partial charge >= 0.3 is 0 Å². The first-order chi connectivity index (χ1) is 12.6. The molecule has 1 aromatic carbocycles. The molecule has 26 heavy (non-hydrogen) atoms. The predicted molar refractivity (Wildman–Crippen MR) is 103 cm³/mol. The first-order valence-corrected chi connectivity index (χ1v) is 8.32. The lowest BCUT2D eigenvalue weighted by atomic mass is 10.1. The topological polar surface area (TPSA) is 76.2 Å². The molecule has 4 aromatic rings. The highest BCUT2D eigenvalue weighted by Crippen LogP contribution is 2.19. The summed E-state index contributed by atoms with van der Waals surface area (Å²) in [6.45, 7) is 0.763. The Labute approximate surface area is 151 Å². The molecule has 1 N–H and O–H groups in total. The SMILES string of the molecule is Bc1cnc(Nc2ccc(-n3cc(CN(C)C)nn3)cc2)c2nccn12. The number of nitrogens with zero attached hydrogens (tertiary/aromatic N) is 7. The van der Waals surface area contributed by atoms with Gasteiger partial charge < -0.3 is 14.6 Å². The third kappa shape index (κ3) is 3.16. The van der Waals surface area contributed by atoms with Crippen molar-refractivity contribution in [2.24, 2.45) is 0 Å². The van der Waals surface area contributed by atoms with Gasteiger partial charge in [0.05, 0.1) is 17.6 Å². The summed E-state index contributed by atoms with van der Waals surface area (Å²) < 4.78 is 3.78. The molecule has 0 amide bonds. The van der Waals surface area contributed by atoms with Crippen molar-refractivity contribution >= 4 is 30.6 Å². The first-order valence-electron chi connectivity index (χ1n) is 8.32. The second-order valence-electron chi connectivity index (χ2n) is 6.43. The fourth-order valence-corrected chi connectivity index (χ4v) is 2.78. The third-order valence-corrected chi connectivity index (χ3v) is 4.03. The highest BCUT2D eigenvalue weighted by Gasteiger charge is 2.07. The van der Waals surface area contributed by atoms with Crippen molar-refractivity contribution in [1.82, 2.24) is 34.3 Å². The van der Waals surface area contributed by atoms with Gasteiger partial charge in [0.1, 0.15) is 0 Å². The maximum absolute atomic E-state index is 4.46. The van der Waals surface area contributed by atoms with E-state index in [-0.39, 0.29) is 0 Å². The van der Waals surface area contributed by atoms with Gasteiger partial charge in [0, 0.05) is 30.8 Å². The number of benzene rings is 1. The van der Waals surface area contributed by atoms with Crippen LogP contribution in [-0.4, -0.2) is 56.2 Å². The maximum Gasteiger partial charge on any atom is 0.179 e. The van der Waals surface area contributed by atoms with Crippen molar-refractivity contribution in [2.45, 2.75) is 6.54 Å². The van der Waals surface area contributed by atoms with Gasteiger partial charge in [-0.25, -0.2) is 14.6 Å². The largest absolute Gasteiger partial charge is 0.337 e. The molecule has 3 aromatic heterocycles. The fourth-order valence-electron chi connectivity index (χ4n) is 2.78. The minimum Gasteiger partial charge on any atom is -0.337 e. The summed E-state index contributed by atoms with van der Waals surface area (Å²) in [7, 11) is 6.02. The Morgan fingerprint density at radius 3 is 2.73 bits per heavy atom. The zero-order valence-corrected chi connectivity index (χ0v) is 15.0. The van der Waals surface area contributed by atoms with Crippen LogP contribution < -0.4 is 10.9 Å². The van der Waals surface area contributed by atoms with Gasteiger partial charge in [0.25, 0.3) is 0 Å². The number of aromatic nitrogens is 6. The highest BCUT2D eigenvalue weighted by atomic mass is 15.4. The summed E-state index contributed by atoms with van der Waals surface area (Å²) in [6, 6.07) is 7.97. The molecule has 0 bridgehead atoms. The smallest absolute Gasteiger partial charge is 0.179 e. The van der Waals surface area contributed by atoms with Crippen molar-refractivity contribution in [3.8, 4) is 5.69 Å². The van der Waals surface area contributed by atoms with E-state index in [0.717, 1.165) is 40.7 Å².